The summed E-state index contributed by atoms with van der Waals surface area (Å²) in [5.74, 6) is -0.402. The van der Waals surface area contributed by atoms with Crippen molar-refractivity contribution in [2.24, 2.45) is 0 Å². The molecule has 0 radical (unpaired) electrons. The van der Waals surface area contributed by atoms with Gasteiger partial charge in [-0.05, 0) is 43.3 Å². The van der Waals surface area contributed by atoms with Gasteiger partial charge in [-0.1, -0.05) is 35.4 Å². The van der Waals surface area contributed by atoms with Crippen LogP contribution in [0.25, 0.3) is 0 Å². The number of nitrogens with zero attached hydrogens (tertiary/aromatic N) is 1. The van der Waals surface area contributed by atoms with Crippen molar-refractivity contribution in [2.45, 2.75) is 13.0 Å². The highest BCUT2D eigenvalue weighted by atomic mass is 35.5. The van der Waals surface area contributed by atoms with Gasteiger partial charge in [-0.25, -0.2) is 8.42 Å². The number of hydrogen-bond donors (Lipinski definition) is 0. The molecule has 0 fully saturated rings. The molecule has 4 nitrogen and oxygen atoms in total. The van der Waals surface area contributed by atoms with Gasteiger partial charge in [0.2, 0.25) is 0 Å². The van der Waals surface area contributed by atoms with Gasteiger partial charge in [-0.3, -0.25) is 4.79 Å². The fraction of sp³-hybridized carbons (Fsp3) is 0.167. The Balaban J connectivity index is 2.03. The molecule has 1 aliphatic rings. The van der Waals surface area contributed by atoms with Crippen molar-refractivity contribution < 1.29 is 13.2 Å². The van der Waals surface area contributed by atoms with E-state index in [0.717, 1.165) is 5.56 Å². The summed E-state index contributed by atoms with van der Waals surface area (Å²) in [6, 6.07) is 13.5. The van der Waals surface area contributed by atoms with Crippen LogP contribution >= 0.6 is 11.6 Å². The zero-order chi connectivity index (χ0) is 17.3. The van der Waals surface area contributed by atoms with Crippen LogP contribution in [-0.2, 0) is 9.84 Å². The third kappa shape index (κ3) is 3.52. The summed E-state index contributed by atoms with van der Waals surface area (Å²) in [5, 5.41) is 1.63. The molecule has 2 aromatic carbocycles. The molecule has 1 amide bonds. The highest BCUT2D eigenvalue weighted by Crippen LogP contribution is 2.26. The molecule has 0 spiro atoms. The van der Waals surface area contributed by atoms with E-state index < -0.39 is 15.9 Å². The Hall–Kier alpha value is -2.11. The van der Waals surface area contributed by atoms with E-state index >= 15 is 0 Å². The monoisotopic (exact) mass is 361 g/mol. The molecule has 1 atom stereocenters. The van der Waals surface area contributed by atoms with Crippen molar-refractivity contribution in [1.82, 2.24) is 0 Å². The largest absolute Gasteiger partial charge is 0.300 e. The maximum atomic E-state index is 13.0. The van der Waals surface area contributed by atoms with Crippen LogP contribution in [0.3, 0.4) is 0 Å². The number of rotatable bonds is 3. The van der Waals surface area contributed by atoms with E-state index in [1.807, 2.05) is 31.2 Å². The predicted molar refractivity (Wildman–Crippen MR) is 96.2 cm³/mol. The molecular weight excluding hydrogens is 346 g/mol. The van der Waals surface area contributed by atoms with Gasteiger partial charge >= 0.3 is 0 Å². The summed E-state index contributed by atoms with van der Waals surface area (Å²) in [6.45, 7) is 1.95. The van der Waals surface area contributed by atoms with E-state index in [2.05, 4.69) is 0 Å². The van der Waals surface area contributed by atoms with Gasteiger partial charge < -0.3 is 4.90 Å². The van der Waals surface area contributed by atoms with Gasteiger partial charge in [-0.2, -0.15) is 0 Å². The second-order valence-corrected chi connectivity index (χ2v) is 8.11. The van der Waals surface area contributed by atoms with Gasteiger partial charge in [0.25, 0.3) is 5.91 Å². The number of aryl methyl sites for hydroxylation is 1. The molecule has 2 aromatic rings. The molecule has 1 aliphatic heterocycles. The van der Waals surface area contributed by atoms with Crippen molar-refractivity contribution in [2.75, 3.05) is 10.7 Å². The zero-order valence-corrected chi connectivity index (χ0v) is 14.6. The minimum Gasteiger partial charge on any atom is -0.300 e. The topological polar surface area (TPSA) is 54.5 Å². The Labute approximate surface area is 146 Å². The normalized spacial score (nSPS) is 18.5. The lowest BCUT2D eigenvalue weighted by Crippen LogP contribution is -2.41. The maximum Gasteiger partial charge on any atom is 0.258 e. The maximum absolute atomic E-state index is 13.0. The molecular formula is C18H16ClNO3S. The van der Waals surface area contributed by atoms with Gasteiger partial charge in [-0.15, -0.1) is 0 Å². The van der Waals surface area contributed by atoms with E-state index in [1.54, 1.807) is 30.3 Å². The van der Waals surface area contributed by atoms with E-state index in [4.69, 9.17) is 11.6 Å². The quantitative estimate of drug-likeness (QED) is 0.839. The van der Waals surface area contributed by atoms with Crippen LogP contribution in [0.5, 0.6) is 0 Å². The molecule has 1 unspecified atom stereocenters. The van der Waals surface area contributed by atoms with Crippen LogP contribution in [0.1, 0.15) is 15.9 Å². The van der Waals surface area contributed by atoms with Gasteiger partial charge in [0.05, 0.1) is 11.8 Å². The lowest BCUT2D eigenvalue weighted by Gasteiger charge is -2.28. The highest BCUT2D eigenvalue weighted by Gasteiger charge is 2.32. The number of halogens is 1. The van der Waals surface area contributed by atoms with Crippen LogP contribution in [-0.4, -0.2) is 26.1 Å². The Morgan fingerprint density at radius 2 is 1.88 bits per heavy atom. The Morgan fingerprint density at radius 1 is 1.17 bits per heavy atom. The molecule has 0 aromatic heterocycles. The molecule has 24 heavy (non-hydrogen) atoms. The van der Waals surface area contributed by atoms with Gasteiger partial charge in [0.15, 0.2) is 9.84 Å². The standard InChI is InChI=1S/C18H16ClNO3S/c1-13-5-7-16(8-6-13)20(17-9-10-24(22,23)12-17)18(21)14-3-2-4-15(19)11-14/h2-11,17H,12H2,1H3. The van der Waals surface area contributed by atoms with Crippen LogP contribution in [0.4, 0.5) is 5.69 Å². The summed E-state index contributed by atoms with van der Waals surface area (Å²) >= 11 is 5.98. The van der Waals surface area contributed by atoms with Crippen molar-refractivity contribution in [3.05, 3.63) is 76.2 Å². The van der Waals surface area contributed by atoms with Crippen molar-refractivity contribution in [3.8, 4) is 0 Å². The van der Waals surface area contributed by atoms with E-state index in [9.17, 15) is 13.2 Å². The molecule has 6 heteroatoms. The predicted octanol–water partition coefficient (Wildman–Crippen LogP) is 3.61. The number of benzene rings is 2. The number of anilines is 1. The van der Waals surface area contributed by atoms with Gasteiger partial charge in [0, 0.05) is 21.7 Å². The van der Waals surface area contributed by atoms with Crippen molar-refractivity contribution in [1.29, 1.82) is 0 Å². The minimum absolute atomic E-state index is 0.118. The lowest BCUT2D eigenvalue weighted by molar-refractivity contribution is 0.0983. The Bertz CT molecular complexity index is 904. The molecule has 0 N–H and O–H groups in total. The Morgan fingerprint density at radius 3 is 2.46 bits per heavy atom. The lowest BCUT2D eigenvalue weighted by atomic mass is 10.1. The van der Waals surface area contributed by atoms with E-state index in [0.29, 0.717) is 16.3 Å². The first-order valence-corrected chi connectivity index (χ1v) is 9.52. The van der Waals surface area contributed by atoms with E-state index in [1.165, 1.54) is 10.3 Å². The molecule has 124 valence electrons. The molecule has 1 heterocycles. The van der Waals surface area contributed by atoms with Crippen molar-refractivity contribution >= 4 is 33.0 Å². The third-order valence-corrected chi connectivity index (χ3v) is 5.46. The summed E-state index contributed by atoms with van der Waals surface area (Å²) in [7, 11) is -3.28. The summed E-state index contributed by atoms with van der Waals surface area (Å²) in [6.07, 6.45) is 1.55. The Kier molecular flexibility index (Phi) is 4.47. The summed E-state index contributed by atoms with van der Waals surface area (Å²) in [4.78, 5) is 14.5. The van der Waals surface area contributed by atoms with Gasteiger partial charge in [0.1, 0.15) is 0 Å². The number of amides is 1. The molecule has 0 aliphatic carbocycles. The first-order valence-electron chi connectivity index (χ1n) is 7.42. The van der Waals surface area contributed by atoms with Crippen LogP contribution in [0.2, 0.25) is 5.02 Å². The number of sulfone groups is 1. The molecule has 3 rings (SSSR count). The number of carbonyl (C=O) groups is 1. The fourth-order valence-electron chi connectivity index (χ4n) is 2.65. The second kappa shape index (κ2) is 6.42. The molecule has 0 bridgehead atoms. The van der Waals surface area contributed by atoms with Crippen LogP contribution in [0, 0.1) is 6.92 Å². The zero-order valence-electron chi connectivity index (χ0n) is 13.0. The average Bonchev–Trinajstić information content (AvgIpc) is 2.89. The fourth-order valence-corrected chi connectivity index (χ4v) is 4.10. The molecule has 0 saturated heterocycles. The van der Waals surface area contributed by atoms with Crippen molar-refractivity contribution in [3.63, 3.8) is 0 Å². The second-order valence-electron chi connectivity index (χ2n) is 5.75. The average molecular weight is 362 g/mol. The van der Waals surface area contributed by atoms with Crippen LogP contribution in [0.15, 0.2) is 60.0 Å². The first-order chi connectivity index (χ1) is 11.4. The minimum atomic E-state index is -3.28. The number of hydrogen-bond acceptors (Lipinski definition) is 3. The summed E-state index contributed by atoms with van der Waals surface area (Å²) in [5.41, 5.74) is 2.13. The van der Waals surface area contributed by atoms with Crippen LogP contribution < -0.4 is 4.90 Å². The summed E-state index contributed by atoms with van der Waals surface area (Å²) < 4.78 is 23.6. The highest BCUT2D eigenvalue weighted by molar-refractivity contribution is 7.94. The molecule has 0 saturated carbocycles. The third-order valence-electron chi connectivity index (χ3n) is 3.85. The SMILES string of the molecule is Cc1ccc(N(C(=O)c2cccc(Cl)c2)C2C=CS(=O)(=O)C2)cc1. The number of carbonyl (C=O) groups excluding carboxylic acids is 1. The van der Waals surface area contributed by atoms with E-state index in [-0.39, 0.29) is 11.7 Å². The first kappa shape index (κ1) is 16.7. The smallest absolute Gasteiger partial charge is 0.258 e.